The molecule has 0 aliphatic rings. The molecule has 2 nitrogen and oxygen atoms in total. The van der Waals surface area contributed by atoms with Crippen molar-refractivity contribution < 1.29 is 8.78 Å². The van der Waals surface area contributed by atoms with Crippen molar-refractivity contribution in [2.24, 2.45) is 0 Å². The molecule has 0 saturated heterocycles. The van der Waals surface area contributed by atoms with Crippen LogP contribution in [0.3, 0.4) is 0 Å². The van der Waals surface area contributed by atoms with Crippen LogP contribution in [0.25, 0.3) is 0 Å². The molecule has 1 aromatic rings. The monoisotopic (exact) mass is 280 g/mol. The summed E-state index contributed by atoms with van der Waals surface area (Å²) in [5.74, 6) is 0. The molecule has 0 saturated carbocycles. The Bertz CT molecular complexity index is 390. The van der Waals surface area contributed by atoms with Crippen LogP contribution >= 0.6 is 27.5 Å². The van der Waals surface area contributed by atoms with Crippen LogP contribution in [0.2, 0.25) is 5.02 Å². The fourth-order valence-electron chi connectivity index (χ4n) is 0.959. The molecule has 0 fully saturated rings. The van der Waals surface area contributed by atoms with E-state index in [2.05, 4.69) is 20.9 Å². The molecule has 0 aromatic carbocycles. The van der Waals surface area contributed by atoms with Crippen molar-refractivity contribution in [2.45, 2.75) is 12.8 Å². The van der Waals surface area contributed by atoms with Crippen LogP contribution in [-0.2, 0) is 6.42 Å². The topological polar surface area (TPSA) is 36.7 Å². The Morgan fingerprint density at radius 2 is 2.29 bits per heavy atom. The molecule has 1 aromatic heterocycles. The highest BCUT2D eigenvalue weighted by molar-refractivity contribution is 9.10. The maximum Gasteiger partial charge on any atom is 0.265 e. The fourth-order valence-corrected chi connectivity index (χ4v) is 1.53. The lowest BCUT2D eigenvalue weighted by Crippen LogP contribution is -1.97. The van der Waals surface area contributed by atoms with Crippen LogP contribution in [0.15, 0.2) is 10.8 Å². The number of rotatable bonds is 2. The summed E-state index contributed by atoms with van der Waals surface area (Å²) < 4.78 is 25.2. The number of alkyl halides is 2. The molecule has 1 heterocycles. The van der Waals surface area contributed by atoms with Gasteiger partial charge in [-0.3, -0.25) is 0 Å². The standard InChI is InChI=1S/C8H4BrClF2N2/c9-7-6(10)4(1-2-13)5(3-14-7)8(11)12/h3,8H,1H2. The Labute approximate surface area is 92.6 Å². The second-order valence-corrected chi connectivity index (χ2v) is 3.56. The van der Waals surface area contributed by atoms with Gasteiger partial charge in [0.25, 0.3) is 6.43 Å². The van der Waals surface area contributed by atoms with E-state index in [-0.39, 0.29) is 27.2 Å². The van der Waals surface area contributed by atoms with Gasteiger partial charge in [0, 0.05) is 11.8 Å². The zero-order valence-electron chi connectivity index (χ0n) is 6.77. The summed E-state index contributed by atoms with van der Waals surface area (Å²) in [4.78, 5) is 3.64. The van der Waals surface area contributed by atoms with Gasteiger partial charge in [-0.15, -0.1) is 0 Å². The third-order valence-corrected chi connectivity index (χ3v) is 2.84. The molecule has 0 aliphatic carbocycles. The van der Waals surface area contributed by atoms with Crippen LogP contribution < -0.4 is 0 Å². The lowest BCUT2D eigenvalue weighted by molar-refractivity contribution is 0.150. The van der Waals surface area contributed by atoms with E-state index in [4.69, 9.17) is 16.9 Å². The molecule has 0 radical (unpaired) electrons. The van der Waals surface area contributed by atoms with Gasteiger partial charge in [0.1, 0.15) is 4.60 Å². The van der Waals surface area contributed by atoms with Gasteiger partial charge >= 0.3 is 0 Å². The van der Waals surface area contributed by atoms with Gasteiger partial charge < -0.3 is 0 Å². The van der Waals surface area contributed by atoms with Crippen LogP contribution in [0.5, 0.6) is 0 Å². The number of hydrogen-bond donors (Lipinski definition) is 0. The lowest BCUT2D eigenvalue weighted by atomic mass is 10.1. The zero-order chi connectivity index (χ0) is 10.7. The summed E-state index contributed by atoms with van der Waals surface area (Å²) >= 11 is 8.73. The normalized spacial score (nSPS) is 10.3. The fraction of sp³-hybridized carbons (Fsp3) is 0.250. The summed E-state index contributed by atoms with van der Waals surface area (Å²) in [7, 11) is 0. The van der Waals surface area contributed by atoms with Gasteiger partial charge in [-0.2, -0.15) is 5.26 Å². The van der Waals surface area contributed by atoms with E-state index in [9.17, 15) is 8.78 Å². The largest absolute Gasteiger partial charge is 0.265 e. The van der Waals surface area contributed by atoms with E-state index in [1.165, 1.54) is 0 Å². The first kappa shape index (κ1) is 11.3. The van der Waals surface area contributed by atoms with Gasteiger partial charge in [-0.05, 0) is 21.5 Å². The average Bonchev–Trinajstić information content (AvgIpc) is 2.13. The van der Waals surface area contributed by atoms with Gasteiger partial charge in [0.2, 0.25) is 0 Å². The summed E-state index contributed by atoms with van der Waals surface area (Å²) in [6, 6.07) is 1.78. The molecular formula is C8H4BrClF2N2. The Morgan fingerprint density at radius 3 is 2.79 bits per heavy atom. The average molecular weight is 281 g/mol. The number of nitrogens with zero attached hydrogens (tertiary/aromatic N) is 2. The van der Waals surface area contributed by atoms with E-state index in [0.29, 0.717) is 0 Å². The summed E-state index contributed by atoms with van der Waals surface area (Å²) in [6.07, 6.45) is -1.80. The predicted octanol–water partition coefficient (Wildman–Crippen LogP) is 3.50. The Balaban J connectivity index is 3.31. The number of halogens is 4. The van der Waals surface area contributed by atoms with E-state index in [1.54, 1.807) is 6.07 Å². The Morgan fingerprint density at radius 1 is 1.64 bits per heavy atom. The molecule has 0 unspecified atom stereocenters. The molecular weight excluding hydrogens is 277 g/mol. The smallest absolute Gasteiger partial charge is 0.247 e. The quantitative estimate of drug-likeness (QED) is 0.778. The molecule has 0 aliphatic heterocycles. The van der Waals surface area contributed by atoms with Gasteiger partial charge in [-0.25, -0.2) is 13.8 Å². The van der Waals surface area contributed by atoms with E-state index >= 15 is 0 Å². The number of pyridine rings is 1. The number of hydrogen-bond acceptors (Lipinski definition) is 2. The third kappa shape index (κ3) is 2.20. The van der Waals surface area contributed by atoms with Crippen molar-refractivity contribution in [1.82, 2.24) is 4.98 Å². The Kier molecular flexibility index (Phi) is 3.78. The zero-order valence-corrected chi connectivity index (χ0v) is 9.11. The minimum atomic E-state index is -2.67. The van der Waals surface area contributed by atoms with Gasteiger partial charge in [0.15, 0.2) is 0 Å². The molecule has 0 bridgehead atoms. The SMILES string of the molecule is N#CCc1c(C(F)F)cnc(Br)c1Cl. The van der Waals surface area contributed by atoms with E-state index in [1.807, 2.05) is 0 Å². The minimum Gasteiger partial charge on any atom is -0.247 e. The second-order valence-electron chi connectivity index (χ2n) is 2.43. The summed E-state index contributed by atoms with van der Waals surface area (Å²) in [5, 5.41) is 8.53. The van der Waals surface area contributed by atoms with Crippen molar-refractivity contribution in [3.05, 3.63) is 26.9 Å². The van der Waals surface area contributed by atoms with Crippen molar-refractivity contribution >= 4 is 27.5 Å². The van der Waals surface area contributed by atoms with Crippen LogP contribution in [0.1, 0.15) is 17.6 Å². The molecule has 0 amide bonds. The van der Waals surface area contributed by atoms with Crippen LogP contribution in [0, 0.1) is 11.3 Å². The number of aromatic nitrogens is 1. The highest BCUT2D eigenvalue weighted by Crippen LogP contribution is 2.32. The first-order valence-corrected chi connectivity index (χ1v) is 4.73. The summed E-state index contributed by atoms with van der Waals surface area (Å²) in [6.45, 7) is 0. The van der Waals surface area contributed by atoms with Crippen molar-refractivity contribution in [3.63, 3.8) is 0 Å². The maximum absolute atomic E-state index is 12.4. The van der Waals surface area contributed by atoms with Crippen LogP contribution in [0.4, 0.5) is 8.78 Å². The van der Waals surface area contributed by atoms with Gasteiger partial charge in [0.05, 0.1) is 17.5 Å². The third-order valence-electron chi connectivity index (χ3n) is 1.60. The molecule has 74 valence electrons. The first-order valence-electron chi connectivity index (χ1n) is 3.55. The highest BCUT2D eigenvalue weighted by Gasteiger charge is 2.18. The lowest BCUT2D eigenvalue weighted by Gasteiger charge is -2.08. The Hall–Kier alpha value is -0.730. The maximum atomic E-state index is 12.4. The predicted molar refractivity (Wildman–Crippen MR) is 51.2 cm³/mol. The molecule has 0 atom stereocenters. The minimum absolute atomic E-state index is 0.0735. The van der Waals surface area contributed by atoms with E-state index in [0.717, 1.165) is 6.20 Å². The highest BCUT2D eigenvalue weighted by atomic mass is 79.9. The van der Waals surface area contributed by atoms with Gasteiger partial charge in [-0.1, -0.05) is 11.6 Å². The molecule has 0 spiro atoms. The number of nitriles is 1. The van der Waals surface area contributed by atoms with Crippen LogP contribution in [-0.4, -0.2) is 4.98 Å². The van der Waals surface area contributed by atoms with E-state index < -0.39 is 6.43 Å². The summed E-state index contributed by atoms with van der Waals surface area (Å²) in [5.41, 5.74) is -0.161. The molecule has 1 rings (SSSR count). The van der Waals surface area contributed by atoms with Crippen molar-refractivity contribution in [3.8, 4) is 6.07 Å². The molecule has 14 heavy (non-hydrogen) atoms. The van der Waals surface area contributed by atoms with Crippen molar-refractivity contribution in [1.29, 1.82) is 5.26 Å². The first-order chi connectivity index (χ1) is 6.57. The van der Waals surface area contributed by atoms with Crippen molar-refractivity contribution in [2.75, 3.05) is 0 Å². The molecule has 6 heteroatoms. The second kappa shape index (κ2) is 4.67. The molecule has 0 N–H and O–H groups in total.